The Kier molecular flexibility index (Phi) is 5.60. The predicted octanol–water partition coefficient (Wildman–Crippen LogP) is 3.80. The lowest BCUT2D eigenvalue weighted by molar-refractivity contribution is -0.138. The Morgan fingerprint density at radius 3 is 2.94 bits per heavy atom. The molecule has 0 unspecified atom stereocenters. The summed E-state index contributed by atoms with van der Waals surface area (Å²) in [6.45, 7) is 4.97. The minimum Gasteiger partial charge on any atom is -0.479 e. The van der Waals surface area contributed by atoms with E-state index < -0.39 is 12.2 Å². The smallest absolute Gasteiger partial charge is 0.264 e. The fraction of sp³-hybridized carbons (Fsp3) is 0.391. The number of halogens is 1. The van der Waals surface area contributed by atoms with Gasteiger partial charge in [-0.3, -0.25) is 9.78 Å². The molecule has 1 fully saturated rings. The zero-order valence-electron chi connectivity index (χ0n) is 17.2. The van der Waals surface area contributed by atoms with Crippen LogP contribution in [0.1, 0.15) is 29.9 Å². The second kappa shape index (κ2) is 8.39. The van der Waals surface area contributed by atoms with Crippen molar-refractivity contribution >= 4 is 39.1 Å². The molecule has 0 aliphatic carbocycles. The number of hydrogen-bond acceptors (Lipinski definition) is 6. The van der Waals surface area contributed by atoms with E-state index in [1.807, 2.05) is 36.1 Å². The third-order valence-corrected chi connectivity index (χ3v) is 7.41. The summed E-state index contributed by atoms with van der Waals surface area (Å²) in [4.78, 5) is 20.3. The molecule has 1 aromatic carbocycles. The van der Waals surface area contributed by atoms with E-state index in [0.717, 1.165) is 50.6 Å². The number of rotatable bonds is 4. The van der Waals surface area contributed by atoms with E-state index in [4.69, 9.17) is 16.3 Å². The van der Waals surface area contributed by atoms with Crippen LogP contribution in [-0.2, 0) is 11.2 Å². The maximum atomic E-state index is 13.0. The van der Waals surface area contributed by atoms with Gasteiger partial charge in [-0.15, -0.1) is 11.3 Å². The highest BCUT2D eigenvalue weighted by atomic mass is 35.5. The number of pyridine rings is 1. The van der Waals surface area contributed by atoms with Crippen molar-refractivity contribution in [2.24, 2.45) is 0 Å². The Balaban J connectivity index is 1.53. The average Bonchev–Trinajstić information content (AvgIpc) is 3.42. The third kappa shape index (κ3) is 3.80. The standard InChI is InChI=1S/C23H24ClN3O3S/c1-2-18(28)20-12-17-22(31-20)15(3-4-26-17)16-11-14(24)9-13-10-19(30-21(13)16)23(29)27-7-5-25-6-8-27/h3-4,9,11-12,18-19,25,28H,2,5-8,10H2,1H3/t18-,19+/m0/s1. The average molecular weight is 458 g/mol. The van der Waals surface area contributed by atoms with Crippen LogP contribution >= 0.6 is 22.9 Å². The fourth-order valence-electron chi connectivity index (χ4n) is 4.29. The molecule has 2 aliphatic rings. The molecule has 3 aromatic rings. The highest BCUT2D eigenvalue weighted by molar-refractivity contribution is 7.19. The van der Waals surface area contributed by atoms with Gasteiger partial charge in [0.2, 0.25) is 0 Å². The Labute approximate surface area is 189 Å². The molecule has 1 saturated heterocycles. The van der Waals surface area contributed by atoms with Gasteiger partial charge < -0.3 is 20.1 Å². The molecular weight excluding hydrogens is 434 g/mol. The number of carbonyl (C=O) groups is 1. The molecule has 5 rings (SSSR count). The van der Waals surface area contributed by atoms with Gasteiger partial charge in [-0.2, -0.15) is 0 Å². The van der Waals surface area contributed by atoms with E-state index in [1.54, 1.807) is 6.20 Å². The number of carbonyl (C=O) groups excluding carboxylic acids is 1. The Hall–Kier alpha value is -2.19. The number of aliphatic hydroxyl groups excluding tert-OH is 1. The van der Waals surface area contributed by atoms with Crippen molar-refractivity contribution < 1.29 is 14.6 Å². The SMILES string of the molecule is CC[C@H](O)c1cc2nccc(-c3cc(Cl)cc4c3O[C@@H](C(=O)N3CCNCC3)C4)c2s1. The minimum atomic E-state index is -0.525. The summed E-state index contributed by atoms with van der Waals surface area (Å²) >= 11 is 8.01. The van der Waals surface area contributed by atoms with Gasteiger partial charge in [-0.05, 0) is 30.7 Å². The molecule has 4 heterocycles. The summed E-state index contributed by atoms with van der Waals surface area (Å²) in [7, 11) is 0. The van der Waals surface area contributed by atoms with E-state index in [1.165, 1.54) is 11.3 Å². The molecular formula is C23H24ClN3O3S. The van der Waals surface area contributed by atoms with Crippen LogP contribution in [0.4, 0.5) is 0 Å². The Morgan fingerprint density at radius 2 is 2.16 bits per heavy atom. The van der Waals surface area contributed by atoms with Crippen molar-refractivity contribution in [1.29, 1.82) is 0 Å². The van der Waals surface area contributed by atoms with Crippen molar-refractivity contribution in [2.45, 2.75) is 32.0 Å². The summed E-state index contributed by atoms with van der Waals surface area (Å²) in [5.41, 5.74) is 3.61. The van der Waals surface area contributed by atoms with Gasteiger partial charge in [0.05, 0.1) is 16.3 Å². The fourth-order valence-corrected chi connectivity index (χ4v) is 5.74. The second-order valence-electron chi connectivity index (χ2n) is 7.97. The molecule has 6 nitrogen and oxygen atoms in total. The number of piperazine rings is 1. The van der Waals surface area contributed by atoms with Crippen LogP contribution in [0.15, 0.2) is 30.5 Å². The first-order chi connectivity index (χ1) is 15.0. The molecule has 0 saturated carbocycles. The van der Waals surface area contributed by atoms with E-state index in [2.05, 4.69) is 10.3 Å². The number of aromatic nitrogens is 1. The summed E-state index contributed by atoms with van der Waals surface area (Å²) < 4.78 is 7.23. The quantitative estimate of drug-likeness (QED) is 0.623. The topological polar surface area (TPSA) is 74.7 Å². The number of thiophene rings is 1. The van der Waals surface area contributed by atoms with E-state index in [9.17, 15) is 9.90 Å². The van der Waals surface area contributed by atoms with Crippen LogP contribution in [0.2, 0.25) is 5.02 Å². The molecule has 2 aromatic heterocycles. The first-order valence-corrected chi connectivity index (χ1v) is 11.8. The monoisotopic (exact) mass is 457 g/mol. The third-order valence-electron chi connectivity index (χ3n) is 5.94. The van der Waals surface area contributed by atoms with E-state index >= 15 is 0 Å². The first-order valence-electron chi connectivity index (χ1n) is 10.6. The zero-order chi connectivity index (χ0) is 21.5. The lowest BCUT2D eigenvalue weighted by atomic mass is 10.0. The van der Waals surface area contributed by atoms with Crippen LogP contribution in [0.25, 0.3) is 21.3 Å². The summed E-state index contributed by atoms with van der Waals surface area (Å²) in [5, 5.41) is 14.2. The highest BCUT2D eigenvalue weighted by Gasteiger charge is 2.35. The molecule has 2 aliphatic heterocycles. The number of hydrogen-bond donors (Lipinski definition) is 2. The lowest BCUT2D eigenvalue weighted by Gasteiger charge is -2.29. The largest absolute Gasteiger partial charge is 0.479 e. The van der Waals surface area contributed by atoms with Crippen molar-refractivity contribution in [1.82, 2.24) is 15.2 Å². The number of amides is 1. The molecule has 2 atom stereocenters. The number of fused-ring (bicyclic) bond motifs is 2. The molecule has 2 N–H and O–H groups in total. The van der Waals surface area contributed by atoms with Crippen LogP contribution in [0.5, 0.6) is 5.75 Å². The highest BCUT2D eigenvalue weighted by Crippen LogP contribution is 2.45. The summed E-state index contributed by atoms with van der Waals surface area (Å²) in [6.07, 6.45) is 1.90. The molecule has 162 valence electrons. The van der Waals surface area contributed by atoms with Crippen molar-refractivity contribution in [2.75, 3.05) is 26.2 Å². The number of benzene rings is 1. The van der Waals surface area contributed by atoms with Gasteiger partial charge in [0.25, 0.3) is 5.91 Å². The maximum Gasteiger partial charge on any atom is 0.264 e. The van der Waals surface area contributed by atoms with Crippen LogP contribution < -0.4 is 10.1 Å². The van der Waals surface area contributed by atoms with Gasteiger partial charge in [0.15, 0.2) is 6.10 Å². The molecule has 8 heteroatoms. The summed E-state index contributed by atoms with van der Waals surface area (Å²) in [5.74, 6) is 0.750. The van der Waals surface area contributed by atoms with Crippen molar-refractivity contribution in [3.63, 3.8) is 0 Å². The molecule has 0 bridgehead atoms. The van der Waals surface area contributed by atoms with Gasteiger partial charge in [0, 0.05) is 65.4 Å². The second-order valence-corrected chi connectivity index (χ2v) is 9.49. The van der Waals surface area contributed by atoms with Gasteiger partial charge in [0.1, 0.15) is 5.75 Å². The molecule has 31 heavy (non-hydrogen) atoms. The van der Waals surface area contributed by atoms with Crippen LogP contribution in [-0.4, -0.2) is 53.2 Å². The normalized spacial score (nSPS) is 19.3. The molecule has 0 spiro atoms. The number of ether oxygens (including phenoxy) is 1. The van der Waals surface area contributed by atoms with Gasteiger partial charge in [-0.1, -0.05) is 18.5 Å². The van der Waals surface area contributed by atoms with Crippen LogP contribution in [0.3, 0.4) is 0 Å². The molecule has 1 amide bonds. The Morgan fingerprint density at radius 1 is 1.35 bits per heavy atom. The number of nitrogens with zero attached hydrogens (tertiary/aromatic N) is 2. The van der Waals surface area contributed by atoms with Crippen molar-refractivity contribution in [3.05, 3.63) is 45.9 Å². The van der Waals surface area contributed by atoms with E-state index in [-0.39, 0.29) is 5.91 Å². The zero-order valence-corrected chi connectivity index (χ0v) is 18.8. The Bertz CT molecular complexity index is 1140. The molecule has 0 radical (unpaired) electrons. The predicted molar refractivity (Wildman–Crippen MR) is 123 cm³/mol. The summed E-state index contributed by atoms with van der Waals surface area (Å²) in [6, 6.07) is 7.68. The number of nitrogens with one attached hydrogen (secondary N) is 1. The van der Waals surface area contributed by atoms with E-state index in [0.29, 0.717) is 31.0 Å². The maximum absolute atomic E-state index is 13.0. The van der Waals surface area contributed by atoms with Crippen LogP contribution in [0, 0.1) is 0 Å². The van der Waals surface area contributed by atoms with Gasteiger partial charge >= 0.3 is 0 Å². The van der Waals surface area contributed by atoms with Gasteiger partial charge in [-0.25, -0.2) is 0 Å². The minimum absolute atomic E-state index is 0.0316. The lowest BCUT2D eigenvalue weighted by Crippen LogP contribution is -2.50. The van der Waals surface area contributed by atoms with Crippen molar-refractivity contribution in [3.8, 4) is 16.9 Å². The first kappa shape index (κ1) is 20.7. The number of aliphatic hydroxyl groups is 1.